The van der Waals surface area contributed by atoms with E-state index >= 15 is 0 Å². The van der Waals surface area contributed by atoms with Crippen molar-refractivity contribution in [3.05, 3.63) is 144 Å². The Labute approximate surface area is 564 Å². The number of benzene rings is 4. The molecule has 2 N–H and O–H groups in total. The molecular weight excluding hydrogens is 1410 g/mol. The van der Waals surface area contributed by atoms with Gasteiger partial charge in [-0.15, -0.1) is 0 Å². The summed E-state index contributed by atoms with van der Waals surface area (Å²) in [6.45, 7) is 8.05. The Morgan fingerprint density at radius 3 is 0.779 bits per heavy atom. The summed E-state index contributed by atoms with van der Waals surface area (Å²) in [5.41, 5.74) is 15.1. The van der Waals surface area contributed by atoms with Gasteiger partial charge in [0.2, 0.25) is 0 Å². The molecule has 460 valence electrons. The molecule has 0 radical (unpaired) electrons. The molecule has 0 atom stereocenters. The first-order chi connectivity index (χ1) is 40.0. The van der Waals surface area contributed by atoms with E-state index in [4.69, 9.17) is 28.9 Å². The molecule has 9 rings (SSSR count). The van der Waals surface area contributed by atoms with Crippen LogP contribution < -0.4 is 90.9 Å². The van der Waals surface area contributed by atoms with Crippen LogP contribution >= 0.6 is 0 Å². The number of hydrogen-bond donors (Lipinski definition) is 2. The van der Waals surface area contributed by atoms with E-state index < -0.39 is 0 Å². The fraction of sp³-hybridized carbons (Fsp3) is 0.389. The Bertz CT molecular complexity index is 3420. The third-order valence-electron chi connectivity index (χ3n) is 15.3. The van der Waals surface area contributed by atoms with Crippen molar-refractivity contribution in [3.8, 4) is 67.5 Å². The van der Waals surface area contributed by atoms with Crippen LogP contribution in [0, 0.1) is 0 Å². The molecule has 11 nitrogen and oxygen atoms in total. The summed E-state index contributed by atoms with van der Waals surface area (Å²) in [6, 6.07) is 42.7. The number of aromatic amines is 2. The van der Waals surface area contributed by atoms with Gasteiger partial charge in [0.1, 0.15) is 23.0 Å². The number of quaternary nitrogens is 3. The number of unbranched alkanes of at least 4 members (excludes halogenated alkanes) is 7. The molecule has 8 bridgehead atoms. The molecule has 4 aromatic carbocycles. The molecule has 0 unspecified atom stereocenters. The lowest BCUT2D eigenvalue weighted by Crippen LogP contribution is -3.00. The molecule has 0 amide bonds. The zero-order valence-corrected chi connectivity index (χ0v) is 59.1. The number of H-pyrrole nitrogens is 2. The summed E-state index contributed by atoms with van der Waals surface area (Å²) in [5, 5.41) is 0. The highest BCUT2D eigenvalue weighted by Crippen LogP contribution is 2.40. The molecule has 14 heteroatoms. The van der Waals surface area contributed by atoms with Gasteiger partial charge in [-0.1, -0.05) is 100 Å². The Hall–Kier alpha value is -5.25. The number of nitrogens with zero attached hydrogens (tertiary/aromatic N) is 5. The van der Waals surface area contributed by atoms with Crippen molar-refractivity contribution < 1.29 is 104 Å². The van der Waals surface area contributed by atoms with Crippen molar-refractivity contribution >= 4 is 46.4 Å². The van der Waals surface area contributed by atoms with Crippen LogP contribution in [0.15, 0.2) is 121 Å². The molecule has 0 saturated heterocycles. The number of nitrogens with one attached hydrogen (secondary N) is 2. The summed E-state index contributed by atoms with van der Waals surface area (Å²) in [6.07, 6.45) is 21.6. The second-order valence-electron chi connectivity index (χ2n) is 25.6. The van der Waals surface area contributed by atoms with Crippen molar-refractivity contribution in [1.82, 2.24) is 19.9 Å². The standard InChI is InChI=1S/C72H92N7O4.3HI/c1-11-12-13-14-15-16-17-18-49-80-57-30-22-53(23-31-57)69-61-38-40-63(73-61)70(54-24-32-58(33-25-54)81-50-19-46-77(2,3)4)65-42-44-67(75-65)72(56-28-36-60(37-29-56)83-52-21-48-79(8,9)10)68-45-43-66(76-68)71(64-41-39-62(69)74-64)55-26-34-59(35-27-55)82-51-20-47-78(5,6)7;;;/h22-45,73,76H,11-21,46-52H2,1-10H3;3*1H/q+3;;;/p-3. The summed E-state index contributed by atoms with van der Waals surface area (Å²) in [4.78, 5) is 19.0. The third-order valence-corrected chi connectivity index (χ3v) is 15.3. The van der Waals surface area contributed by atoms with Crippen LogP contribution in [-0.4, -0.2) is 143 Å². The van der Waals surface area contributed by atoms with Crippen LogP contribution in [0.3, 0.4) is 0 Å². The number of fused-ring (bicyclic) bond motifs is 8. The van der Waals surface area contributed by atoms with Crippen molar-refractivity contribution in [2.75, 3.05) is 109 Å². The summed E-state index contributed by atoms with van der Waals surface area (Å²) < 4.78 is 28.0. The molecular formula is C72H92I3N7O4. The highest BCUT2D eigenvalue weighted by atomic mass is 127. The van der Waals surface area contributed by atoms with E-state index in [1.807, 2.05) is 0 Å². The minimum absolute atomic E-state index is 0. The molecule has 86 heavy (non-hydrogen) atoms. The van der Waals surface area contributed by atoms with E-state index in [0.717, 1.165) is 171 Å². The van der Waals surface area contributed by atoms with Gasteiger partial charge in [-0.05, 0) is 126 Å². The summed E-state index contributed by atoms with van der Waals surface area (Å²) >= 11 is 0. The average Bonchev–Trinajstić information content (AvgIpc) is 2.81. The smallest absolute Gasteiger partial charge is 0.119 e. The predicted octanol–water partition coefficient (Wildman–Crippen LogP) is 7.28. The number of hydrogen-bond acceptors (Lipinski definition) is 6. The van der Waals surface area contributed by atoms with E-state index in [1.54, 1.807) is 0 Å². The third kappa shape index (κ3) is 20.1. The number of rotatable bonds is 29. The summed E-state index contributed by atoms with van der Waals surface area (Å²) in [5.74, 6) is 3.40. The highest BCUT2D eigenvalue weighted by molar-refractivity contribution is 6.00. The quantitative estimate of drug-likeness (QED) is 0.0291. The van der Waals surface area contributed by atoms with E-state index in [-0.39, 0.29) is 71.9 Å². The zero-order valence-electron chi connectivity index (χ0n) is 52.6. The van der Waals surface area contributed by atoms with Crippen molar-refractivity contribution in [2.24, 2.45) is 0 Å². The topological polar surface area (TPSA) is 94.3 Å². The van der Waals surface area contributed by atoms with Gasteiger partial charge in [0.15, 0.2) is 0 Å². The maximum Gasteiger partial charge on any atom is 0.119 e. The maximum absolute atomic E-state index is 6.35. The van der Waals surface area contributed by atoms with E-state index in [9.17, 15) is 0 Å². The van der Waals surface area contributed by atoms with Crippen LogP contribution in [0.2, 0.25) is 0 Å². The van der Waals surface area contributed by atoms with Gasteiger partial charge in [0, 0.05) is 63.6 Å². The lowest BCUT2D eigenvalue weighted by molar-refractivity contribution is -0.870. The second-order valence-corrected chi connectivity index (χ2v) is 25.6. The molecule has 0 aliphatic carbocycles. The first kappa shape index (κ1) is 69.8. The van der Waals surface area contributed by atoms with Crippen molar-refractivity contribution in [2.45, 2.75) is 77.6 Å². The maximum atomic E-state index is 6.35. The van der Waals surface area contributed by atoms with Gasteiger partial charge in [0.05, 0.1) is 132 Å². The van der Waals surface area contributed by atoms with Gasteiger partial charge in [-0.25, -0.2) is 9.97 Å². The zero-order chi connectivity index (χ0) is 58.4. The van der Waals surface area contributed by atoms with Crippen molar-refractivity contribution in [1.29, 1.82) is 0 Å². The monoisotopic (exact) mass is 1500 g/mol. The molecule has 2 aliphatic rings. The van der Waals surface area contributed by atoms with Gasteiger partial charge >= 0.3 is 0 Å². The SMILES string of the molecule is CCCCCCCCCCOc1ccc(-c2c3nc(c(-c4ccc(OCCC[N+](C)(C)C)cc4)c4ccc([nH]4)c(-c4ccc(OCCC[N+](C)(C)C)cc4)c4nc(c(-c5ccc(OCCC[N+](C)(C)C)cc5)c5ccc2[nH]5)C=C4)C=C3)cc1.[I-].[I-].[I-]. The molecule has 0 spiro atoms. The lowest BCUT2D eigenvalue weighted by atomic mass is 10.0. The molecule has 3 aromatic heterocycles. The fourth-order valence-electron chi connectivity index (χ4n) is 10.9. The first-order valence-electron chi connectivity index (χ1n) is 30.5. The van der Waals surface area contributed by atoms with Gasteiger partial charge in [0.25, 0.3) is 0 Å². The van der Waals surface area contributed by atoms with Crippen molar-refractivity contribution in [3.63, 3.8) is 0 Å². The normalized spacial score (nSPS) is 12.1. The second kappa shape index (κ2) is 32.8. The molecule has 2 aliphatic heterocycles. The molecule has 0 fully saturated rings. The minimum Gasteiger partial charge on any atom is -1.00 e. The molecule has 5 heterocycles. The van der Waals surface area contributed by atoms with E-state index in [1.165, 1.54) is 44.9 Å². The van der Waals surface area contributed by atoms with Crippen LogP contribution in [0.4, 0.5) is 0 Å². The molecule has 0 saturated carbocycles. The van der Waals surface area contributed by atoms with Crippen LogP contribution in [0.5, 0.6) is 23.0 Å². The first-order valence-corrected chi connectivity index (χ1v) is 30.5. The number of aromatic nitrogens is 4. The average molecular weight is 1500 g/mol. The summed E-state index contributed by atoms with van der Waals surface area (Å²) in [7, 11) is 19.9. The Kier molecular flexibility index (Phi) is 26.7. The predicted molar refractivity (Wildman–Crippen MR) is 348 cm³/mol. The minimum atomic E-state index is 0. The molecule has 7 aromatic rings. The Balaban J connectivity index is 0.00000394. The van der Waals surface area contributed by atoms with E-state index in [0.29, 0.717) is 26.4 Å². The fourth-order valence-corrected chi connectivity index (χ4v) is 10.9. The van der Waals surface area contributed by atoms with Crippen LogP contribution in [0.1, 0.15) is 100 Å². The van der Waals surface area contributed by atoms with Crippen LogP contribution in [0.25, 0.3) is 90.9 Å². The van der Waals surface area contributed by atoms with Gasteiger partial charge < -0.3 is 114 Å². The number of halogens is 3. The van der Waals surface area contributed by atoms with Gasteiger partial charge in [-0.2, -0.15) is 0 Å². The number of ether oxygens (including phenoxy) is 4. The van der Waals surface area contributed by atoms with Crippen LogP contribution in [-0.2, 0) is 0 Å². The Morgan fingerprint density at radius 1 is 0.302 bits per heavy atom. The highest BCUT2D eigenvalue weighted by Gasteiger charge is 2.20. The van der Waals surface area contributed by atoms with Gasteiger partial charge in [-0.3, -0.25) is 0 Å². The Morgan fingerprint density at radius 2 is 0.535 bits per heavy atom. The van der Waals surface area contributed by atoms with E-state index in [2.05, 4.69) is 226 Å². The largest absolute Gasteiger partial charge is 1.00 e. The lowest BCUT2D eigenvalue weighted by Gasteiger charge is -2.23.